The van der Waals surface area contributed by atoms with Crippen molar-refractivity contribution in [3.63, 3.8) is 0 Å². The fourth-order valence-corrected chi connectivity index (χ4v) is 5.43. The number of carbonyl (C=O) groups excluding carboxylic acids is 1. The van der Waals surface area contributed by atoms with Gasteiger partial charge in [0.2, 0.25) is 5.91 Å². The molecule has 6 rings (SSSR count). The standard InChI is InChI=1S/C28H21N3O9/c1-13(32)25-22-11-18(26(28(35)36)30(22)27(25)34)17-5-2-14(8-21(17)31(37)38)12-39-16-4-7-20-24(10-16)40-23-9-15(33)3-6-19(23)29-20/h2-10,13,22,25,32H,11-12H2,1H3,(H,35,36)/t13?,22-,25-/m1/s1. The van der Waals surface area contributed by atoms with Crippen LogP contribution in [0.1, 0.15) is 24.5 Å². The van der Waals surface area contributed by atoms with Gasteiger partial charge in [0.25, 0.3) is 5.69 Å². The van der Waals surface area contributed by atoms with Gasteiger partial charge in [-0.05, 0) is 54.8 Å². The molecule has 1 saturated heterocycles. The Labute approximate surface area is 225 Å². The number of aliphatic hydroxyl groups excluding tert-OH is 1. The molecule has 12 heteroatoms. The number of aromatic nitrogens is 1. The van der Waals surface area contributed by atoms with Crippen LogP contribution >= 0.6 is 0 Å². The second-order valence-electron chi connectivity index (χ2n) is 9.75. The number of aliphatic carboxylic acids is 1. The first kappa shape index (κ1) is 25.2. The van der Waals surface area contributed by atoms with Gasteiger partial charge in [0.05, 0.1) is 28.6 Å². The summed E-state index contributed by atoms with van der Waals surface area (Å²) in [5, 5.41) is 31.8. The molecule has 0 spiro atoms. The van der Waals surface area contributed by atoms with E-state index in [0.717, 1.165) is 4.90 Å². The minimum absolute atomic E-state index is 0.0412. The summed E-state index contributed by atoms with van der Waals surface area (Å²) >= 11 is 0. The van der Waals surface area contributed by atoms with Crippen LogP contribution in [-0.2, 0) is 16.2 Å². The van der Waals surface area contributed by atoms with Gasteiger partial charge in [0.1, 0.15) is 29.3 Å². The molecule has 0 bridgehead atoms. The minimum Gasteiger partial charge on any atom is -0.489 e. The average Bonchev–Trinajstić information content (AvgIpc) is 3.25. The van der Waals surface area contributed by atoms with Crippen molar-refractivity contribution in [1.82, 2.24) is 9.88 Å². The Morgan fingerprint density at radius 2 is 2.00 bits per heavy atom. The lowest BCUT2D eigenvalue weighted by atomic mass is 9.82. The van der Waals surface area contributed by atoms with Gasteiger partial charge in [-0.25, -0.2) is 9.78 Å². The molecule has 2 aromatic carbocycles. The summed E-state index contributed by atoms with van der Waals surface area (Å²) in [7, 11) is 0. The molecule has 1 aliphatic carbocycles. The van der Waals surface area contributed by atoms with Crippen molar-refractivity contribution >= 4 is 34.2 Å². The highest BCUT2D eigenvalue weighted by Gasteiger charge is 2.57. The van der Waals surface area contributed by atoms with E-state index in [0.29, 0.717) is 33.9 Å². The minimum atomic E-state index is -1.37. The fraction of sp³-hybridized carbons (Fsp3) is 0.214. The van der Waals surface area contributed by atoms with Gasteiger partial charge in [-0.2, -0.15) is 0 Å². The van der Waals surface area contributed by atoms with Crippen molar-refractivity contribution in [1.29, 1.82) is 0 Å². The predicted molar refractivity (Wildman–Crippen MR) is 139 cm³/mol. The van der Waals surface area contributed by atoms with Crippen molar-refractivity contribution < 1.29 is 33.9 Å². The maximum Gasteiger partial charge on any atom is 0.352 e. The number of β-lactam (4-membered cyclic amide) rings is 1. The molecule has 4 aliphatic rings. The van der Waals surface area contributed by atoms with Gasteiger partial charge in [0.15, 0.2) is 16.8 Å². The third kappa shape index (κ3) is 4.05. The number of aliphatic hydroxyl groups is 1. The fourth-order valence-electron chi connectivity index (χ4n) is 5.43. The van der Waals surface area contributed by atoms with Crippen molar-refractivity contribution in [3.8, 4) is 17.2 Å². The lowest BCUT2D eigenvalue weighted by molar-refractivity contribution is -0.385. The number of hydrogen-bond acceptors (Lipinski definition) is 9. The highest BCUT2D eigenvalue weighted by molar-refractivity contribution is 6.06. The molecule has 2 N–H and O–H groups in total. The van der Waals surface area contributed by atoms with Crippen LogP contribution < -0.4 is 10.2 Å². The summed E-state index contributed by atoms with van der Waals surface area (Å²) < 4.78 is 11.6. The summed E-state index contributed by atoms with van der Waals surface area (Å²) in [6.07, 6.45) is -0.893. The number of ether oxygens (including phenoxy) is 1. The Hall–Kier alpha value is -5.10. The highest BCUT2D eigenvalue weighted by atomic mass is 16.6. The quantitative estimate of drug-likeness (QED) is 0.152. The molecule has 0 saturated carbocycles. The van der Waals surface area contributed by atoms with Gasteiger partial charge in [0, 0.05) is 18.2 Å². The zero-order valence-electron chi connectivity index (χ0n) is 20.9. The first-order valence-electron chi connectivity index (χ1n) is 12.3. The summed E-state index contributed by atoms with van der Waals surface area (Å²) in [6.45, 7) is 1.42. The van der Waals surface area contributed by atoms with E-state index in [1.54, 1.807) is 30.3 Å². The largest absolute Gasteiger partial charge is 0.489 e. The van der Waals surface area contributed by atoms with Crippen LogP contribution in [0.25, 0.3) is 28.1 Å². The van der Waals surface area contributed by atoms with Gasteiger partial charge < -0.3 is 24.3 Å². The average molecular weight is 543 g/mol. The van der Waals surface area contributed by atoms with E-state index in [1.165, 1.54) is 31.2 Å². The Balaban J connectivity index is 1.28. The zero-order valence-corrected chi connectivity index (χ0v) is 20.9. The summed E-state index contributed by atoms with van der Waals surface area (Å²) in [6, 6.07) is 13.1. The van der Waals surface area contributed by atoms with Crippen LogP contribution in [0, 0.1) is 16.0 Å². The smallest absolute Gasteiger partial charge is 0.352 e. The maximum absolute atomic E-state index is 12.5. The second kappa shape index (κ2) is 9.27. The van der Waals surface area contributed by atoms with E-state index in [-0.39, 0.29) is 41.0 Å². The number of nitro benzene ring substituents is 1. The van der Waals surface area contributed by atoms with Crippen LogP contribution in [0.4, 0.5) is 5.69 Å². The predicted octanol–water partition coefficient (Wildman–Crippen LogP) is 3.19. The monoisotopic (exact) mass is 543 g/mol. The number of carboxylic acids is 1. The van der Waals surface area contributed by atoms with Gasteiger partial charge >= 0.3 is 5.97 Å². The lowest BCUT2D eigenvalue weighted by Gasteiger charge is -2.44. The molecule has 3 heterocycles. The number of nitro groups is 1. The molecule has 0 aromatic heterocycles. The van der Waals surface area contributed by atoms with Crippen LogP contribution in [0.3, 0.4) is 0 Å². The third-order valence-electron chi connectivity index (χ3n) is 7.24. The van der Waals surface area contributed by atoms with E-state index >= 15 is 0 Å². The molecule has 1 fully saturated rings. The summed E-state index contributed by atoms with van der Waals surface area (Å²) in [4.78, 5) is 53.2. The summed E-state index contributed by atoms with van der Waals surface area (Å²) in [5.74, 6) is -1.91. The van der Waals surface area contributed by atoms with E-state index < -0.39 is 34.9 Å². The molecule has 202 valence electrons. The zero-order chi connectivity index (χ0) is 28.3. The molecule has 40 heavy (non-hydrogen) atoms. The molecule has 1 amide bonds. The van der Waals surface area contributed by atoms with E-state index in [1.807, 2.05) is 0 Å². The number of rotatable bonds is 7. The van der Waals surface area contributed by atoms with Crippen molar-refractivity contribution in [3.05, 3.63) is 91.8 Å². The van der Waals surface area contributed by atoms with Crippen LogP contribution in [0.15, 0.2) is 69.5 Å². The Bertz CT molecular complexity index is 1790. The molecule has 12 nitrogen and oxygen atoms in total. The van der Waals surface area contributed by atoms with E-state index in [9.17, 15) is 34.7 Å². The molecule has 2 aromatic rings. The van der Waals surface area contributed by atoms with Crippen LogP contribution in [0.2, 0.25) is 0 Å². The van der Waals surface area contributed by atoms with Gasteiger partial charge in [-0.15, -0.1) is 0 Å². The lowest BCUT2D eigenvalue weighted by Crippen LogP contribution is -2.61. The number of benzene rings is 3. The topological polar surface area (TPSA) is 173 Å². The molecule has 1 unspecified atom stereocenters. The third-order valence-corrected chi connectivity index (χ3v) is 7.24. The van der Waals surface area contributed by atoms with Gasteiger partial charge in [-0.1, -0.05) is 6.07 Å². The molecule has 0 radical (unpaired) electrons. The Morgan fingerprint density at radius 3 is 2.73 bits per heavy atom. The molecule has 3 aliphatic heterocycles. The number of nitrogens with zero attached hydrogens (tertiary/aromatic N) is 3. The second-order valence-corrected chi connectivity index (χ2v) is 9.75. The molecular formula is C28H21N3O9. The molecule has 3 atom stereocenters. The number of carboxylic acid groups (broad SMARTS) is 1. The van der Waals surface area contributed by atoms with Crippen LogP contribution in [-0.4, -0.2) is 49.0 Å². The van der Waals surface area contributed by atoms with Crippen molar-refractivity contribution in [2.45, 2.75) is 32.1 Å². The summed E-state index contributed by atoms with van der Waals surface area (Å²) in [5.41, 5.74) is 1.37. The highest BCUT2D eigenvalue weighted by Crippen LogP contribution is 2.48. The first-order valence-corrected chi connectivity index (χ1v) is 12.3. The number of carbonyl (C=O) groups is 2. The number of amides is 1. The number of fused-ring (bicyclic) bond motifs is 3. The maximum atomic E-state index is 12.5. The van der Waals surface area contributed by atoms with Crippen molar-refractivity contribution in [2.24, 2.45) is 5.92 Å². The first-order chi connectivity index (χ1) is 19.1. The Morgan fingerprint density at radius 1 is 1.20 bits per heavy atom. The SMILES string of the molecule is CC(O)[C@H]1C(=O)N2C(C(=O)O)=C(c3ccc(COc4ccc5nc6ccc(=O)cc-6oc5c4)cc3[N+](=O)[O-])C[C@H]12. The van der Waals surface area contributed by atoms with Crippen molar-refractivity contribution in [2.75, 3.05) is 0 Å². The molecular weight excluding hydrogens is 522 g/mol. The van der Waals surface area contributed by atoms with Gasteiger partial charge in [-0.3, -0.25) is 19.7 Å². The van der Waals surface area contributed by atoms with E-state index in [4.69, 9.17) is 9.15 Å². The number of hydrogen-bond donors (Lipinski definition) is 2. The van der Waals surface area contributed by atoms with Crippen LogP contribution in [0.5, 0.6) is 5.75 Å². The van der Waals surface area contributed by atoms with E-state index in [2.05, 4.69) is 4.98 Å². The normalized spacial score (nSPS) is 19.1. The Kier molecular flexibility index (Phi) is 5.84.